The maximum Gasteiger partial charge on any atom is 0.269 e. The Labute approximate surface area is 108 Å². The van der Waals surface area contributed by atoms with Gasteiger partial charge in [0.15, 0.2) is 11.5 Å². The molecule has 6 nitrogen and oxygen atoms in total. The zero-order valence-electron chi connectivity index (χ0n) is 9.72. The van der Waals surface area contributed by atoms with Gasteiger partial charge in [-0.05, 0) is 24.3 Å². The molecule has 0 amide bonds. The summed E-state index contributed by atoms with van der Waals surface area (Å²) in [5, 5.41) is 29.4. The van der Waals surface area contributed by atoms with E-state index in [4.69, 9.17) is 0 Å². The second-order valence-corrected chi connectivity index (χ2v) is 3.75. The van der Waals surface area contributed by atoms with Gasteiger partial charge in [-0.25, -0.2) is 0 Å². The van der Waals surface area contributed by atoms with Crippen LogP contribution < -0.4 is 0 Å². The highest BCUT2D eigenvalue weighted by Gasteiger charge is 2.04. The topological polar surface area (TPSA) is 96.0 Å². The molecule has 0 saturated heterocycles. The van der Waals surface area contributed by atoms with Gasteiger partial charge in [0.05, 0.1) is 10.6 Å². The molecule has 0 atom stereocenters. The summed E-state index contributed by atoms with van der Waals surface area (Å²) in [7, 11) is 0. The van der Waals surface area contributed by atoms with Gasteiger partial charge in [-0.3, -0.25) is 15.1 Å². The lowest BCUT2D eigenvalue weighted by atomic mass is 10.2. The molecule has 0 bridgehead atoms. The summed E-state index contributed by atoms with van der Waals surface area (Å²) in [5.41, 5.74) is 0.853. The molecule has 2 rings (SSSR count). The Hall–Kier alpha value is -2.89. The fraction of sp³-hybridized carbons (Fsp3) is 0. The number of nitro groups is 1. The zero-order chi connectivity index (χ0) is 13.8. The van der Waals surface area contributed by atoms with Crippen molar-refractivity contribution in [2.75, 3.05) is 0 Å². The predicted molar refractivity (Wildman–Crippen MR) is 70.1 cm³/mol. The minimum Gasteiger partial charge on any atom is -0.504 e. The van der Waals surface area contributed by atoms with Crippen molar-refractivity contribution in [1.29, 1.82) is 0 Å². The van der Waals surface area contributed by atoms with Crippen LogP contribution >= 0.6 is 0 Å². The normalized spacial score (nSPS) is 10.7. The lowest BCUT2D eigenvalue weighted by Gasteiger charge is -2.00. The van der Waals surface area contributed by atoms with E-state index in [-0.39, 0.29) is 17.2 Å². The third-order valence-corrected chi connectivity index (χ3v) is 2.46. The number of hydrogen-bond donors (Lipinski definition) is 2. The Morgan fingerprint density at radius 3 is 2.42 bits per heavy atom. The Balaban J connectivity index is 2.23. The molecule has 0 radical (unpaired) electrons. The summed E-state index contributed by atoms with van der Waals surface area (Å²) < 4.78 is 0. The molecule has 0 aliphatic rings. The van der Waals surface area contributed by atoms with Crippen molar-refractivity contribution in [3.63, 3.8) is 0 Å². The summed E-state index contributed by atoms with van der Waals surface area (Å²) in [6.45, 7) is 0. The van der Waals surface area contributed by atoms with E-state index in [2.05, 4.69) is 4.99 Å². The number of benzene rings is 2. The Morgan fingerprint density at radius 1 is 1.11 bits per heavy atom. The number of phenols is 2. The maximum atomic E-state index is 10.5. The monoisotopic (exact) mass is 258 g/mol. The molecule has 6 heteroatoms. The van der Waals surface area contributed by atoms with Crippen LogP contribution in [0.3, 0.4) is 0 Å². The molecule has 0 heterocycles. The number of aliphatic imine (C=N–C) groups is 1. The van der Waals surface area contributed by atoms with Crippen LogP contribution in [0.1, 0.15) is 5.56 Å². The number of phenolic OH excluding ortho intramolecular Hbond substituents is 2. The van der Waals surface area contributed by atoms with Crippen LogP contribution in [-0.4, -0.2) is 21.4 Å². The van der Waals surface area contributed by atoms with E-state index in [9.17, 15) is 20.3 Å². The Bertz CT molecular complexity index is 636. The quantitative estimate of drug-likeness (QED) is 0.383. The molecular weight excluding hydrogens is 248 g/mol. The fourth-order valence-corrected chi connectivity index (χ4v) is 1.46. The molecule has 0 fully saturated rings. The second-order valence-electron chi connectivity index (χ2n) is 3.75. The van der Waals surface area contributed by atoms with Gasteiger partial charge in [0, 0.05) is 23.9 Å². The number of hydrogen-bond acceptors (Lipinski definition) is 5. The molecule has 96 valence electrons. The van der Waals surface area contributed by atoms with E-state index in [1.807, 2.05) is 0 Å². The minimum absolute atomic E-state index is 0.0147. The first-order valence-electron chi connectivity index (χ1n) is 5.37. The maximum absolute atomic E-state index is 10.5. The number of para-hydroxylation sites is 1. The smallest absolute Gasteiger partial charge is 0.269 e. The largest absolute Gasteiger partial charge is 0.504 e. The number of nitrogens with zero attached hydrogens (tertiary/aromatic N) is 2. The van der Waals surface area contributed by atoms with Gasteiger partial charge in [-0.2, -0.15) is 0 Å². The van der Waals surface area contributed by atoms with Crippen LogP contribution in [0.2, 0.25) is 0 Å². The first-order valence-corrected chi connectivity index (χ1v) is 5.37. The molecular formula is C13H10N2O4. The zero-order valence-corrected chi connectivity index (χ0v) is 9.72. The average molecular weight is 258 g/mol. The van der Waals surface area contributed by atoms with Crippen LogP contribution in [0.5, 0.6) is 11.5 Å². The SMILES string of the molecule is O=[N+]([O-])c1ccc(N=Cc2cccc(O)c2O)cc1. The molecule has 0 saturated carbocycles. The standard InChI is InChI=1S/C13H10N2O4/c16-12-3-1-2-9(13(12)17)8-14-10-4-6-11(7-5-10)15(18)19/h1-8,16-17H. The van der Waals surface area contributed by atoms with E-state index in [0.717, 1.165) is 0 Å². The highest BCUT2D eigenvalue weighted by atomic mass is 16.6. The van der Waals surface area contributed by atoms with E-state index in [1.54, 1.807) is 12.1 Å². The summed E-state index contributed by atoms with van der Waals surface area (Å²) in [5.74, 6) is -0.485. The third-order valence-electron chi connectivity index (χ3n) is 2.46. The highest BCUT2D eigenvalue weighted by molar-refractivity contribution is 5.86. The van der Waals surface area contributed by atoms with Gasteiger partial charge in [0.1, 0.15) is 0 Å². The number of nitro benzene ring substituents is 1. The van der Waals surface area contributed by atoms with Crippen LogP contribution in [0, 0.1) is 10.1 Å². The van der Waals surface area contributed by atoms with Gasteiger partial charge in [-0.15, -0.1) is 0 Å². The fourth-order valence-electron chi connectivity index (χ4n) is 1.46. The van der Waals surface area contributed by atoms with Crippen molar-refractivity contribution in [3.8, 4) is 11.5 Å². The van der Waals surface area contributed by atoms with E-state index in [0.29, 0.717) is 11.3 Å². The average Bonchev–Trinajstić information content (AvgIpc) is 2.41. The summed E-state index contributed by atoms with van der Waals surface area (Å²) >= 11 is 0. The minimum atomic E-state index is -0.492. The van der Waals surface area contributed by atoms with Gasteiger partial charge >= 0.3 is 0 Å². The molecule has 0 spiro atoms. The van der Waals surface area contributed by atoms with Gasteiger partial charge in [-0.1, -0.05) is 6.07 Å². The lowest BCUT2D eigenvalue weighted by molar-refractivity contribution is -0.384. The van der Waals surface area contributed by atoms with E-state index < -0.39 is 4.92 Å². The molecule has 0 unspecified atom stereocenters. The summed E-state index contributed by atoms with van der Waals surface area (Å²) in [4.78, 5) is 14.0. The number of non-ortho nitro benzene ring substituents is 1. The van der Waals surface area contributed by atoms with Crippen molar-refractivity contribution < 1.29 is 15.1 Å². The molecule has 0 aliphatic carbocycles. The van der Waals surface area contributed by atoms with Crippen molar-refractivity contribution in [2.45, 2.75) is 0 Å². The number of aromatic hydroxyl groups is 2. The summed E-state index contributed by atoms with van der Waals surface area (Å²) in [6, 6.07) is 10.2. The Kier molecular flexibility index (Phi) is 3.42. The first kappa shape index (κ1) is 12.6. The number of rotatable bonds is 3. The van der Waals surface area contributed by atoms with Gasteiger partial charge in [0.25, 0.3) is 5.69 Å². The van der Waals surface area contributed by atoms with Crippen molar-refractivity contribution in [2.24, 2.45) is 4.99 Å². The van der Waals surface area contributed by atoms with Crippen LogP contribution in [0.25, 0.3) is 0 Å². The second kappa shape index (κ2) is 5.18. The Morgan fingerprint density at radius 2 is 1.79 bits per heavy atom. The van der Waals surface area contributed by atoms with Gasteiger partial charge in [0.2, 0.25) is 0 Å². The first-order chi connectivity index (χ1) is 9.08. The van der Waals surface area contributed by atoms with Gasteiger partial charge < -0.3 is 10.2 Å². The van der Waals surface area contributed by atoms with Crippen LogP contribution in [-0.2, 0) is 0 Å². The van der Waals surface area contributed by atoms with Crippen molar-refractivity contribution in [3.05, 3.63) is 58.1 Å². The predicted octanol–water partition coefficient (Wildman–Crippen LogP) is 2.76. The molecule has 0 aromatic heterocycles. The molecule has 2 aromatic carbocycles. The van der Waals surface area contributed by atoms with Crippen molar-refractivity contribution >= 4 is 17.6 Å². The van der Waals surface area contributed by atoms with Crippen LogP contribution in [0.4, 0.5) is 11.4 Å². The molecule has 2 N–H and O–H groups in total. The van der Waals surface area contributed by atoms with E-state index in [1.165, 1.54) is 36.5 Å². The molecule has 19 heavy (non-hydrogen) atoms. The summed E-state index contributed by atoms with van der Waals surface area (Å²) in [6.07, 6.45) is 1.37. The molecule has 0 aliphatic heterocycles. The molecule has 2 aromatic rings. The highest BCUT2D eigenvalue weighted by Crippen LogP contribution is 2.27. The van der Waals surface area contributed by atoms with Crippen LogP contribution in [0.15, 0.2) is 47.5 Å². The van der Waals surface area contributed by atoms with Crippen molar-refractivity contribution in [1.82, 2.24) is 0 Å². The van der Waals surface area contributed by atoms with E-state index >= 15 is 0 Å². The third kappa shape index (κ3) is 2.86. The lowest BCUT2D eigenvalue weighted by Crippen LogP contribution is -1.86.